The number of aryl methyl sites for hydroxylation is 1. The second kappa shape index (κ2) is 7.59. The van der Waals surface area contributed by atoms with Crippen LogP contribution in [0.3, 0.4) is 0 Å². The first kappa shape index (κ1) is 18.2. The van der Waals surface area contributed by atoms with Crippen molar-refractivity contribution in [2.75, 3.05) is 0 Å². The van der Waals surface area contributed by atoms with Gasteiger partial charge >= 0.3 is 11.9 Å². The maximum Gasteiger partial charge on any atom is 0.327 e. The molecule has 2 rings (SSSR count). The highest BCUT2D eigenvalue weighted by molar-refractivity contribution is 8.26. The van der Waals surface area contributed by atoms with Gasteiger partial charge in [0.1, 0.15) is 10.4 Å². The van der Waals surface area contributed by atoms with E-state index in [0.717, 1.165) is 34.2 Å². The third kappa shape index (κ3) is 4.01. The Morgan fingerprint density at radius 1 is 1.29 bits per heavy atom. The SMILES string of the molecule is CCc1ccc(/C=C2\SC(=S)N(C(CC(=O)O)C(=O)O)C2=O)cc1. The summed E-state index contributed by atoms with van der Waals surface area (Å²) < 4.78 is 0.0464. The number of benzene rings is 1. The fourth-order valence-electron chi connectivity index (χ4n) is 2.20. The number of aliphatic carboxylic acids is 2. The molecule has 0 radical (unpaired) electrons. The van der Waals surface area contributed by atoms with Gasteiger partial charge in [-0.3, -0.25) is 14.5 Å². The fourth-order valence-corrected chi connectivity index (χ4v) is 3.56. The van der Waals surface area contributed by atoms with Crippen LogP contribution in [0, 0.1) is 0 Å². The lowest BCUT2D eigenvalue weighted by Gasteiger charge is -2.21. The molecule has 1 unspecified atom stereocenters. The fraction of sp³-hybridized carbons (Fsp3) is 0.250. The molecule has 1 aromatic carbocycles. The van der Waals surface area contributed by atoms with Crippen LogP contribution < -0.4 is 0 Å². The van der Waals surface area contributed by atoms with E-state index in [4.69, 9.17) is 17.3 Å². The number of amides is 1. The third-order valence-corrected chi connectivity index (χ3v) is 4.80. The van der Waals surface area contributed by atoms with Gasteiger partial charge in [-0.1, -0.05) is 55.2 Å². The largest absolute Gasteiger partial charge is 0.481 e. The highest BCUT2D eigenvalue weighted by Gasteiger charge is 2.41. The molecule has 24 heavy (non-hydrogen) atoms. The van der Waals surface area contributed by atoms with Crippen LogP contribution in [-0.4, -0.2) is 43.3 Å². The number of thiocarbonyl (C=S) groups is 1. The topological polar surface area (TPSA) is 94.9 Å². The van der Waals surface area contributed by atoms with E-state index in [1.807, 2.05) is 31.2 Å². The van der Waals surface area contributed by atoms with Crippen molar-refractivity contribution in [2.24, 2.45) is 0 Å². The number of hydrogen-bond donors (Lipinski definition) is 2. The third-order valence-electron chi connectivity index (χ3n) is 3.47. The summed E-state index contributed by atoms with van der Waals surface area (Å²) in [6.45, 7) is 2.04. The average Bonchev–Trinajstić information content (AvgIpc) is 2.79. The number of thioether (sulfide) groups is 1. The maximum absolute atomic E-state index is 12.5. The van der Waals surface area contributed by atoms with E-state index in [0.29, 0.717) is 0 Å². The Morgan fingerprint density at radius 3 is 2.42 bits per heavy atom. The summed E-state index contributed by atoms with van der Waals surface area (Å²) in [4.78, 5) is 35.8. The van der Waals surface area contributed by atoms with E-state index in [9.17, 15) is 19.5 Å². The lowest BCUT2D eigenvalue weighted by molar-refractivity contribution is -0.150. The monoisotopic (exact) mass is 365 g/mol. The van der Waals surface area contributed by atoms with Crippen LogP contribution in [-0.2, 0) is 20.8 Å². The quantitative estimate of drug-likeness (QED) is 0.590. The molecule has 1 heterocycles. The van der Waals surface area contributed by atoms with Crippen molar-refractivity contribution in [2.45, 2.75) is 25.8 Å². The van der Waals surface area contributed by atoms with Gasteiger partial charge in [0.15, 0.2) is 0 Å². The van der Waals surface area contributed by atoms with Crippen molar-refractivity contribution in [3.63, 3.8) is 0 Å². The standard InChI is InChI=1S/C16H15NO5S2/c1-2-9-3-5-10(6-4-9)7-12-14(20)17(16(23)24-12)11(15(21)22)8-13(18)19/h3-7,11H,2,8H2,1H3,(H,18,19)(H,21,22)/b12-7-. The van der Waals surface area contributed by atoms with Gasteiger partial charge in [-0.15, -0.1) is 0 Å². The van der Waals surface area contributed by atoms with Crippen molar-refractivity contribution >= 4 is 52.2 Å². The zero-order valence-corrected chi connectivity index (χ0v) is 14.4. The Kier molecular flexibility index (Phi) is 5.74. The van der Waals surface area contributed by atoms with Gasteiger partial charge in [0.2, 0.25) is 0 Å². The molecule has 1 saturated heterocycles. The van der Waals surface area contributed by atoms with Crippen LogP contribution in [0.4, 0.5) is 0 Å². The molecule has 2 N–H and O–H groups in total. The first-order chi connectivity index (χ1) is 11.3. The van der Waals surface area contributed by atoms with Gasteiger partial charge in [-0.05, 0) is 23.6 Å². The van der Waals surface area contributed by atoms with Crippen molar-refractivity contribution in [1.29, 1.82) is 0 Å². The molecule has 1 aromatic rings. The first-order valence-corrected chi connectivity index (χ1v) is 8.36. The summed E-state index contributed by atoms with van der Waals surface area (Å²) in [5, 5.41) is 18.1. The van der Waals surface area contributed by atoms with Crippen LogP contribution in [0.2, 0.25) is 0 Å². The summed E-state index contributed by atoms with van der Waals surface area (Å²) in [5.74, 6) is -3.30. The number of hydrogen-bond acceptors (Lipinski definition) is 5. The normalized spacial score (nSPS) is 17.4. The zero-order valence-electron chi connectivity index (χ0n) is 12.8. The molecular formula is C16H15NO5S2. The Bertz CT molecular complexity index is 726. The lowest BCUT2D eigenvalue weighted by Crippen LogP contribution is -2.45. The summed E-state index contributed by atoms with van der Waals surface area (Å²) in [6.07, 6.45) is 1.82. The molecule has 8 heteroatoms. The van der Waals surface area contributed by atoms with Crippen molar-refractivity contribution in [3.8, 4) is 0 Å². The Balaban J connectivity index is 2.27. The molecule has 126 valence electrons. The van der Waals surface area contributed by atoms with Crippen molar-refractivity contribution in [3.05, 3.63) is 40.3 Å². The van der Waals surface area contributed by atoms with E-state index < -0.39 is 30.3 Å². The molecule has 0 aliphatic carbocycles. The maximum atomic E-state index is 12.5. The van der Waals surface area contributed by atoms with Gasteiger partial charge in [0.25, 0.3) is 5.91 Å². The molecule has 0 saturated carbocycles. The van der Waals surface area contributed by atoms with Gasteiger partial charge in [-0.2, -0.15) is 0 Å². The average molecular weight is 365 g/mol. The van der Waals surface area contributed by atoms with Crippen LogP contribution in [0.5, 0.6) is 0 Å². The molecule has 0 bridgehead atoms. The highest BCUT2D eigenvalue weighted by atomic mass is 32.2. The van der Waals surface area contributed by atoms with E-state index >= 15 is 0 Å². The number of carboxylic acids is 2. The zero-order chi connectivity index (χ0) is 17.9. The molecule has 1 fully saturated rings. The summed E-state index contributed by atoms with van der Waals surface area (Å²) in [5.41, 5.74) is 1.95. The summed E-state index contributed by atoms with van der Waals surface area (Å²) in [6, 6.07) is 6.09. The van der Waals surface area contributed by atoms with Crippen molar-refractivity contribution < 1.29 is 24.6 Å². The molecule has 1 aliphatic rings. The predicted molar refractivity (Wildman–Crippen MR) is 94.5 cm³/mol. The molecular weight excluding hydrogens is 350 g/mol. The molecule has 0 spiro atoms. The van der Waals surface area contributed by atoms with Crippen LogP contribution in [0.1, 0.15) is 24.5 Å². The Labute approximate surface area is 148 Å². The molecule has 1 amide bonds. The van der Waals surface area contributed by atoms with E-state index in [1.165, 1.54) is 0 Å². The number of carbonyl (C=O) groups is 3. The van der Waals surface area contributed by atoms with E-state index in [2.05, 4.69) is 0 Å². The molecule has 1 atom stereocenters. The molecule has 0 aromatic heterocycles. The minimum absolute atomic E-state index is 0.0464. The first-order valence-electron chi connectivity index (χ1n) is 7.14. The number of rotatable bonds is 6. The van der Waals surface area contributed by atoms with Gasteiger partial charge in [0, 0.05) is 0 Å². The minimum Gasteiger partial charge on any atom is -0.481 e. The van der Waals surface area contributed by atoms with Crippen LogP contribution in [0.15, 0.2) is 29.2 Å². The minimum atomic E-state index is -1.51. The molecule has 1 aliphatic heterocycles. The van der Waals surface area contributed by atoms with E-state index in [-0.39, 0.29) is 9.23 Å². The summed E-state index contributed by atoms with van der Waals surface area (Å²) >= 11 is 6.04. The second-order valence-electron chi connectivity index (χ2n) is 5.10. The Morgan fingerprint density at radius 2 is 1.92 bits per heavy atom. The van der Waals surface area contributed by atoms with Gasteiger partial charge in [-0.25, -0.2) is 4.79 Å². The highest BCUT2D eigenvalue weighted by Crippen LogP contribution is 2.34. The number of carbonyl (C=O) groups excluding carboxylic acids is 1. The van der Waals surface area contributed by atoms with Gasteiger partial charge < -0.3 is 10.2 Å². The number of nitrogens with zero attached hydrogens (tertiary/aromatic N) is 1. The molecule has 6 nitrogen and oxygen atoms in total. The lowest BCUT2D eigenvalue weighted by atomic mass is 10.1. The van der Waals surface area contributed by atoms with E-state index in [1.54, 1.807) is 6.08 Å². The second-order valence-corrected chi connectivity index (χ2v) is 6.77. The van der Waals surface area contributed by atoms with Gasteiger partial charge in [0.05, 0.1) is 11.3 Å². The number of carboxylic acid groups (broad SMARTS) is 2. The smallest absolute Gasteiger partial charge is 0.327 e. The summed E-state index contributed by atoms with van der Waals surface area (Å²) in [7, 11) is 0. The predicted octanol–water partition coefficient (Wildman–Crippen LogP) is 2.38. The van der Waals surface area contributed by atoms with Crippen molar-refractivity contribution in [1.82, 2.24) is 4.90 Å². The van der Waals surface area contributed by atoms with Crippen LogP contribution >= 0.6 is 24.0 Å². The Hall–Kier alpha value is -2.19. The van der Waals surface area contributed by atoms with Crippen LogP contribution in [0.25, 0.3) is 6.08 Å².